The first-order chi connectivity index (χ1) is 20.1. The zero-order chi connectivity index (χ0) is 30.3. The molecule has 1 aliphatic rings. The molecule has 1 aliphatic heterocycles. The van der Waals surface area contributed by atoms with Crippen LogP contribution in [0.1, 0.15) is 50.8 Å². The monoisotopic (exact) mass is 663 g/mol. The number of pyridine rings is 1. The zero-order valence-corrected chi connectivity index (χ0v) is 28.4. The Morgan fingerprint density at radius 3 is 2.48 bits per heavy atom. The lowest BCUT2D eigenvalue weighted by molar-refractivity contribution is -0.137. The summed E-state index contributed by atoms with van der Waals surface area (Å²) in [7, 11) is 3.55. The van der Waals surface area contributed by atoms with Crippen molar-refractivity contribution < 1.29 is 19.1 Å². The highest BCUT2D eigenvalue weighted by Crippen LogP contribution is 2.40. The van der Waals surface area contributed by atoms with Crippen molar-refractivity contribution in [2.24, 2.45) is 5.41 Å². The molecular weight excluding hydrogens is 621 g/mol. The molecule has 0 radical (unpaired) electrons. The highest BCUT2D eigenvalue weighted by atomic mass is 35.5. The number of ether oxygens (including phenoxy) is 1. The van der Waals surface area contributed by atoms with Gasteiger partial charge in [-0.2, -0.15) is 11.3 Å². The van der Waals surface area contributed by atoms with Crippen LogP contribution in [0.4, 0.5) is 11.4 Å². The van der Waals surface area contributed by atoms with E-state index in [9.17, 15) is 14.4 Å². The zero-order valence-electron chi connectivity index (χ0n) is 25.9. The number of nitrogens with one attached hydrogen (secondary N) is 1. The second kappa shape index (κ2) is 16.8. The van der Waals surface area contributed by atoms with Gasteiger partial charge in [0.1, 0.15) is 11.2 Å². The number of hydrogen-bond acceptors (Lipinski definition) is 7. The van der Waals surface area contributed by atoms with E-state index < -0.39 is 5.41 Å². The van der Waals surface area contributed by atoms with Crippen molar-refractivity contribution >= 4 is 65.2 Å². The normalized spacial score (nSPS) is 14.6. The van der Waals surface area contributed by atoms with Crippen LogP contribution in [0.15, 0.2) is 59.6 Å². The van der Waals surface area contributed by atoms with E-state index in [4.69, 9.17) is 4.74 Å². The second-order valence-electron chi connectivity index (χ2n) is 11.1. The third-order valence-electron chi connectivity index (χ3n) is 7.75. The molecule has 0 bridgehead atoms. The van der Waals surface area contributed by atoms with Gasteiger partial charge in [0.2, 0.25) is 17.7 Å². The van der Waals surface area contributed by atoms with Crippen LogP contribution in [-0.2, 0) is 20.8 Å². The van der Waals surface area contributed by atoms with Gasteiger partial charge in [-0.3, -0.25) is 19.4 Å². The number of likely N-dealkylation sites (N-methyl/N-ethyl adjacent to an activating group) is 1. The van der Waals surface area contributed by atoms with Crippen LogP contribution in [0.3, 0.4) is 0 Å². The van der Waals surface area contributed by atoms with Crippen LogP contribution in [0.2, 0.25) is 0 Å². The minimum atomic E-state index is -1.15. The van der Waals surface area contributed by atoms with Crippen molar-refractivity contribution in [3.8, 4) is 5.75 Å². The van der Waals surface area contributed by atoms with Gasteiger partial charge in [0.15, 0.2) is 0 Å². The fraction of sp³-hybridized carbons (Fsp3) is 0.438. The SMILES string of the molecule is CCN1C(=O)C(C)(C)C(=O)N(C)c2cc(OCCCC(NCCN(C)C(=O)Cc3ccsc3)c3ccncc3)ccc21.Cl.Cl. The molecule has 1 N–H and O–H groups in total. The molecule has 12 heteroatoms. The number of nitrogens with zero attached hydrogens (tertiary/aromatic N) is 4. The lowest BCUT2D eigenvalue weighted by Gasteiger charge is -2.27. The summed E-state index contributed by atoms with van der Waals surface area (Å²) in [6, 6.07) is 11.6. The maximum Gasteiger partial charge on any atom is 0.242 e. The number of anilines is 2. The number of carbonyl (C=O) groups excluding carboxylic acids is 3. The number of benzene rings is 1. The first-order valence-electron chi connectivity index (χ1n) is 14.4. The summed E-state index contributed by atoms with van der Waals surface area (Å²) in [5.74, 6) is 0.303. The molecule has 44 heavy (non-hydrogen) atoms. The van der Waals surface area contributed by atoms with Gasteiger partial charge in [-0.15, -0.1) is 24.8 Å². The number of aromatic nitrogens is 1. The van der Waals surface area contributed by atoms with E-state index in [1.807, 2.05) is 61.1 Å². The Kier molecular flexibility index (Phi) is 14.1. The molecule has 240 valence electrons. The third-order valence-corrected chi connectivity index (χ3v) is 8.48. The second-order valence-corrected chi connectivity index (χ2v) is 11.9. The van der Waals surface area contributed by atoms with Crippen molar-refractivity contribution in [3.63, 3.8) is 0 Å². The average Bonchev–Trinajstić information content (AvgIpc) is 3.50. The Bertz CT molecular complexity index is 1370. The summed E-state index contributed by atoms with van der Waals surface area (Å²) in [6.07, 6.45) is 5.60. The van der Waals surface area contributed by atoms with Crippen molar-refractivity contribution in [2.45, 2.75) is 46.1 Å². The summed E-state index contributed by atoms with van der Waals surface area (Å²) >= 11 is 1.60. The van der Waals surface area contributed by atoms with Gasteiger partial charge >= 0.3 is 0 Å². The fourth-order valence-corrected chi connectivity index (χ4v) is 5.83. The number of thiophene rings is 1. The van der Waals surface area contributed by atoms with E-state index in [-0.39, 0.29) is 48.6 Å². The molecule has 3 heterocycles. The molecule has 3 aromatic rings. The van der Waals surface area contributed by atoms with E-state index >= 15 is 0 Å². The summed E-state index contributed by atoms with van der Waals surface area (Å²) in [5.41, 5.74) is 2.40. The molecule has 2 aromatic heterocycles. The Morgan fingerprint density at radius 2 is 1.82 bits per heavy atom. The minimum Gasteiger partial charge on any atom is -0.494 e. The van der Waals surface area contributed by atoms with Gasteiger partial charge in [0.25, 0.3) is 0 Å². The van der Waals surface area contributed by atoms with E-state index in [1.54, 1.807) is 59.3 Å². The van der Waals surface area contributed by atoms with Crippen molar-refractivity contribution in [2.75, 3.05) is 50.1 Å². The van der Waals surface area contributed by atoms with Crippen LogP contribution >= 0.6 is 36.2 Å². The summed E-state index contributed by atoms with van der Waals surface area (Å²) in [5, 5.41) is 7.60. The first kappa shape index (κ1) is 37.0. The van der Waals surface area contributed by atoms with Gasteiger partial charge < -0.3 is 24.8 Å². The molecular formula is C32H43Cl2N5O4S. The Morgan fingerprint density at radius 1 is 1.09 bits per heavy atom. The molecule has 9 nitrogen and oxygen atoms in total. The van der Waals surface area contributed by atoms with Crippen LogP contribution in [-0.4, -0.2) is 67.9 Å². The highest BCUT2D eigenvalue weighted by molar-refractivity contribution is 7.08. The predicted molar refractivity (Wildman–Crippen MR) is 182 cm³/mol. The van der Waals surface area contributed by atoms with Crippen molar-refractivity contribution in [1.82, 2.24) is 15.2 Å². The Labute approximate surface area is 276 Å². The smallest absolute Gasteiger partial charge is 0.242 e. The molecule has 1 atom stereocenters. The standard InChI is InChI=1S/C32H41N5O4S.2ClH/c1-6-37-27-10-9-25(21-28(27)36(5)30(39)32(2,3)31(37)40)41-18-7-8-26(24-11-14-33-15-12-24)34-16-17-35(4)29(38)20-23-13-19-42-22-23;;/h9-15,19,21-22,26,34H,6-8,16-18,20H2,1-5H3;2*1H. The quantitative estimate of drug-likeness (QED) is 0.191. The average molecular weight is 665 g/mol. The summed E-state index contributed by atoms with van der Waals surface area (Å²) in [4.78, 5) is 48.0. The Hall–Kier alpha value is -3.18. The molecule has 1 unspecified atom stereocenters. The molecule has 4 rings (SSSR count). The van der Waals surface area contributed by atoms with Crippen LogP contribution in [0.5, 0.6) is 5.75 Å². The number of hydrogen-bond donors (Lipinski definition) is 1. The molecule has 3 amide bonds. The molecule has 0 saturated carbocycles. The van der Waals surface area contributed by atoms with E-state index in [0.717, 1.165) is 24.0 Å². The van der Waals surface area contributed by atoms with Crippen LogP contribution < -0.4 is 19.9 Å². The molecule has 0 spiro atoms. The fourth-order valence-electron chi connectivity index (χ4n) is 5.16. The maximum atomic E-state index is 13.1. The van der Waals surface area contributed by atoms with E-state index in [0.29, 0.717) is 49.8 Å². The summed E-state index contributed by atoms with van der Waals surface area (Å²) in [6.45, 7) is 7.48. The third kappa shape index (κ3) is 8.72. The van der Waals surface area contributed by atoms with Crippen molar-refractivity contribution in [3.05, 3.63) is 70.7 Å². The van der Waals surface area contributed by atoms with Gasteiger partial charge in [-0.25, -0.2) is 0 Å². The van der Waals surface area contributed by atoms with Crippen LogP contribution in [0, 0.1) is 5.41 Å². The van der Waals surface area contributed by atoms with Gasteiger partial charge in [0.05, 0.1) is 24.4 Å². The Balaban J connectivity index is 0.00000337. The van der Waals surface area contributed by atoms with Gasteiger partial charge in [0, 0.05) is 58.2 Å². The minimum absolute atomic E-state index is 0. The van der Waals surface area contributed by atoms with E-state index in [2.05, 4.69) is 10.3 Å². The molecule has 0 aliphatic carbocycles. The topological polar surface area (TPSA) is 95.1 Å². The largest absolute Gasteiger partial charge is 0.494 e. The number of halogens is 2. The molecule has 0 fully saturated rings. The summed E-state index contributed by atoms with van der Waals surface area (Å²) < 4.78 is 6.12. The van der Waals surface area contributed by atoms with Crippen molar-refractivity contribution in [1.29, 1.82) is 0 Å². The molecule has 0 saturated heterocycles. The van der Waals surface area contributed by atoms with Gasteiger partial charge in [-0.1, -0.05) is 0 Å². The lowest BCUT2D eigenvalue weighted by atomic mass is 9.90. The predicted octanol–water partition coefficient (Wildman–Crippen LogP) is 5.53. The maximum absolute atomic E-state index is 13.1. The highest BCUT2D eigenvalue weighted by Gasteiger charge is 2.45. The first-order valence-corrected chi connectivity index (χ1v) is 15.3. The number of rotatable bonds is 13. The van der Waals surface area contributed by atoms with Crippen LogP contribution in [0.25, 0.3) is 0 Å². The number of carbonyl (C=O) groups is 3. The number of amides is 3. The lowest BCUT2D eigenvalue weighted by Crippen LogP contribution is -2.47. The number of fused-ring (bicyclic) bond motifs is 1. The van der Waals surface area contributed by atoms with E-state index in [1.165, 1.54) is 0 Å². The molecule has 1 aromatic carbocycles. The van der Waals surface area contributed by atoms with Gasteiger partial charge in [-0.05, 0) is 85.8 Å².